The topological polar surface area (TPSA) is 58.9 Å². The van der Waals surface area contributed by atoms with Crippen LogP contribution in [0.4, 0.5) is 0 Å². The van der Waals surface area contributed by atoms with Gasteiger partial charge in [0.15, 0.2) is 0 Å². The molecule has 90 valence electrons. The minimum Gasteiger partial charge on any atom is -0.490 e. The lowest BCUT2D eigenvalue weighted by atomic mass is 10.2. The molecule has 16 heavy (non-hydrogen) atoms. The van der Waals surface area contributed by atoms with Gasteiger partial charge in [0.2, 0.25) is 0 Å². The quantitative estimate of drug-likeness (QED) is 0.744. The van der Waals surface area contributed by atoms with Crippen LogP contribution in [0.2, 0.25) is 0 Å². The van der Waals surface area contributed by atoms with Crippen LogP contribution in [0, 0.1) is 0 Å². The molecule has 0 fully saturated rings. The van der Waals surface area contributed by atoms with Crippen molar-refractivity contribution < 1.29 is 19.7 Å². The van der Waals surface area contributed by atoms with Gasteiger partial charge in [0.25, 0.3) is 0 Å². The number of rotatable bonds is 7. The highest BCUT2D eigenvalue weighted by Crippen LogP contribution is 2.25. The number of hydrogen-bond donors (Lipinski definition) is 2. The average Bonchev–Trinajstić information content (AvgIpc) is 2.30. The first-order valence-corrected chi connectivity index (χ1v) is 5.78. The summed E-state index contributed by atoms with van der Waals surface area (Å²) in [5, 5.41) is 17.4. The van der Waals surface area contributed by atoms with Crippen molar-refractivity contribution in [2.24, 2.45) is 0 Å². The van der Waals surface area contributed by atoms with Gasteiger partial charge in [-0.25, -0.2) is 0 Å². The van der Waals surface area contributed by atoms with Crippen LogP contribution in [0.15, 0.2) is 22.7 Å². The van der Waals surface area contributed by atoms with Crippen LogP contribution in [-0.4, -0.2) is 36.6 Å². The van der Waals surface area contributed by atoms with Crippen molar-refractivity contribution in [2.45, 2.75) is 6.61 Å². The molecule has 1 aromatic rings. The molecule has 0 bridgehead atoms. The molecule has 0 aromatic heterocycles. The molecule has 2 N–H and O–H groups in total. The Hall–Kier alpha value is -0.620. The number of benzene rings is 1. The summed E-state index contributed by atoms with van der Waals surface area (Å²) in [5.74, 6) is 0.713. The van der Waals surface area contributed by atoms with E-state index < -0.39 is 0 Å². The third kappa shape index (κ3) is 4.49. The van der Waals surface area contributed by atoms with Crippen LogP contribution in [0.1, 0.15) is 5.56 Å². The first-order chi connectivity index (χ1) is 7.77. The molecule has 5 heteroatoms. The van der Waals surface area contributed by atoms with Crippen LogP contribution < -0.4 is 4.74 Å². The molecule has 0 spiro atoms. The zero-order valence-corrected chi connectivity index (χ0v) is 10.4. The van der Waals surface area contributed by atoms with Crippen molar-refractivity contribution in [3.05, 3.63) is 28.2 Å². The summed E-state index contributed by atoms with van der Waals surface area (Å²) >= 11 is 3.35. The minimum absolute atomic E-state index is 0.0124. The zero-order valence-electron chi connectivity index (χ0n) is 8.86. The Bertz CT molecular complexity index is 317. The second-order valence-corrected chi connectivity index (χ2v) is 3.96. The normalized spacial score (nSPS) is 10.4. The van der Waals surface area contributed by atoms with Gasteiger partial charge in [-0.3, -0.25) is 0 Å². The third-order valence-corrected chi connectivity index (χ3v) is 2.52. The van der Waals surface area contributed by atoms with Crippen molar-refractivity contribution in [3.63, 3.8) is 0 Å². The number of halogens is 1. The molecule has 4 nitrogen and oxygen atoms in total. The van der Waals surface area contributed by atoms with E-state index in [0.717, 1.165) is 10.0 Å². The molecule has 0 saturated heterocycles. The molecule has 0 aliphatic rings. The van der Waals surface area contributed by atoms with E-state index in [2.05, 4.69) is 15.9 Å². The molecule has 0 atom stereocenters. The van der Waals surface area contributed by atoms with Crippen molar-refractivity contribution in [2.75, 3.05) is 26.4 Å². The van der Waals surface area contributed by atoms with Gasteiger partial charge in [0.1, 0.15) is 12.4 Å². The van der Waals surface area contributed by atoms with E-state index >= 15 is 0 Å². The van der Waals surface area contributed by atoms with Crippen molar-refractivity contribution in [1.29, 1.82) is 0 Å². The largest absolute Gasteiger partial charge is 0.490 e. The number of aliphatic hydroxyl groups is 2. The summed E-state index contributed by atoms with van der Waals surface area (Å²) in [6.07, 6.45) is 0. The van der Waals surface area contributed by atoms with E-state index in [-0.39, 0.29) is 13.2 Å². The Morgan fingerprint density at radius 1 is 1.12 bits per heavy atom. The Morgan fingerprint density at radius 2 is 1.94 bits per heavy atom. The third-order valence-electron chi connectivity index (χ3n) is 1.90. The van der Waals surface area contributed by atoms with Crippen LogP contribution in [-0.2, 0) is 11.3 Å². The van der Waals surface area contributed by atoms with Gasteiger partial charge in [0, 0.05) is 0 Å². The van der Waals surface area contributed by atoms with E-state index in [1.807, 2.05) is 6.07 Å². The molecular weight excluding hydrogens is 276 g/mol. The Kier molecular flexibility index (Phi) is 6.40. The van der Waals surface area contributed by atoms with Crippen molar-refractivity contribution in [3.8, 4) is 5.75 Å². The first-order valence-electron chi connectivity index (χ1n) is 4.98. The van der Waals surface area contributed by atoms with Gasteiger partial charge in [-0.05, 0) is 33.6 Å². The molecule has 1 aromatic carbocycles. The highest BCUT2D eigenvalue weighted by molar-refractivity contribution is 9.10. The van der Waals surface area contributed by atoms with Crippen molar-refractivity contribution >= 4 is 15.9 Å². The predicted octanol–water partition coefficient (Wildman–Crippen LogP) is 1.33. The lowest BCUT2D eigenvalue weighted by Crippen LogP contribution is -2.09. The summed E-state index contributed by atoms with van der Waals surface area (Å²) in [6, 6.07) is 5.40. The summed E-state index contributed by atoms with van der Waals surface area (Å²) in [4.78, 5) is 0. The lowest BCUT2D eigenvalue weighted by Gasteiger charge is -2.09. The highest BCUT2D eigenvalue weighted by atomic mass is 79.9. The van der Waals surface area contributed by atoms with E-state index in [4.69, 9.17) is 19.7 Å². The number of hydrogen-bond acceptors (Lipinski definition) is 4. The van der Waals surface area contributed by atoms with Gasteiger partial charge in [0.05, 0.1) is 30.9 Å². The smallest absolute Gasteiger partial charge is 0.133 e. The second kappa shape index (κ2) is 7.62. The molecule has 0 unspecified atom stereocenters. The Morgan fingerprint density at radius 3 is 2.56 bits per heavy atom. The van der Waals surface area contributed by atoms with Crippen LogP contribution >= 0.6 is 15.9 Å². The maximum atomic E-state index is 8.92. The lowest BCUT2D eigenvalue weighted by molar-refractivity contribution is 0.0703. The molecular formula is C11H15BrO4. The fraction of sp³-hybridized carbons (Fsp3) is 0.455. The molecule has 0 saturated carbocycles. The Balaban J connectivity index is 2.36. The van der Waals surface area contributed by atoms with E-state index in [1.165, 1.54) is 0 Å². The monoisotopic (exact) mass is 290 g/mol. The summed E-state index contributed by atoms with van der Waals surface area (Å²) < 4.78 is 11.3. The fourth-order valence-electron chi connectivity index (χ4n) is 1.14. The standard InChI is InChI=1S/C11H15BrO4/c12-10-7-9(8-14)1-2-11(10)16-6-5-15-4-3-13/h1-2,7,13-14H,3-6,8H2. The van der Waals surface area contributed by atoms with E-state index in [1.54, 1.807) is 12.1 Å². The highest BCUT2D eigenvalue weighted by Gasteiger charge is 2.02. The number of ether oxygens (including phenoxy) is 2. The van der Waals surface area contributed by atoms with E-state index in [0.29, 0.717) is 25.6 Å². The molecule has 0 amide bonds. The first kappa shape index (κ1) is 13.4. The fourth-order valence-corrected chi connectivity index (χ4v) is 1.68. The maximum absolute atomic E-state index is 8.92. The zero-order chi connectivity index (χ0) is 11.8. The van der Waals surface area contributed by atoms with Crippen LogP contribution in [0.25, 0.3) is 0 Å². The molecule has 0 radical (unpaired) electrons. The van der Waals surface area contributed by atoms with Crippen LogP contribution in [0.5, 0.6) is 5.75 Å². The number of aliphatic hydroxyl groups excluding tert-OH is 2. The van der Waals surface area contributed by atoms with Gasteiger partial charge in [-0.2, -0.15) is 0 Å². The maximum Gasteiger partial charge on any atom is 0.133 e. The van der Waals surface area contributed by atoms with Gasteiger partial charge >= 0.3 is 0 Å². The average molecular weight is 291 g/mol. The molecule has 1 rings (SSSR count). The van der Waals surface area contributed by atoms with Gasteiger partial charge < -0.3 is 19.7 Å². The SMILES string of the molecule is OCCOCCOc1ccc(CO)cc1Br. The van der Waals surface area contributed by atoms with Crippen molar-refractivity contribution in [1.82, 2.24) is 0 Å². The molecule has 0 aliphatic heterocycles. The predicted molar refractivity (Wildman–Crippen MR) is 63.5 cm³/mol. The van der Waals surface area contributed by atoms with Gasteiger partial charge in [-0.1, -0.05) is 6.07 Å². The van der Waals surface area contributed by atoms with Gasteiger partial charge in [-0.15, -0.1) is 0 Å². The Labute approximate surface area is 103 Å². The summed E-state index contributed by atoms with van der Waals surface area (Å²) in [5.41, 5.74) is 0.829. The second-order valence-electron chi connectivity index (χ2n) is 3.11. The molecule has 0 heterocycles. The summed E-state index contributed by atoms with van der Waals surface area (Å²) in [6.45, 7) is 1.23. The molecule has 0 aliphatic carbocycles. The van der Waals surface area contributed by atoms with E-state index in [9.17, 15) is 0 Å². The van der Waals surface area contributed by atoms with Crippen LogP contribution in [0.3, 0.4) is 0 Å². The minimum atomic E-state index is 0.0124. The summed E-state index contributed by atoms with van der Waals surface area (Å²) in [7, 11) is 0.